The van der Waals surface area contributed by atoms with Crippen LogP contribution in [0.15, 0.2) is 85.0 Å². The molecule has 4 rings (SSSR count). The number of hydrogen-bond donors (Lipinski definition) is 0. The van der Waals surface area contributed by atoms with Gasteiger partial charge in [0.2, 0.25) is 0 Å². The van der Waals surface area contributed by atoms with Gasteiger partial charge in [0.15, 0.2) is 7.29 Å². The van der Waals surface area contributed by atoms with E-state index in [-0.39, 0.29) is 12.0 Å². The molecule has 2 aromatic rings. The summed E-state index contributed by atoms with van der Waals surface area (Å²) in [6.45, 7) is 0. The lowest BCUT2D eigenvalue weighted by molar-refractivity contribution is 0.361. The van der Waals surface area contributed by atoms with Gasteiger partial charge in [-0.3, -0.25) is 0 Å². The standard InChI is InChI=1S/C20H20NOP/c1-21-20(16-10-4-2-5-11-16)18-14-8-9-15-19(18)23(21,22)17-12-6-3-7-13-17/h2-15,18-20H,1H3/t18-,19-,20+,23+/m1/s1/i19D. The molecule has 0 spiro atoms. The van der Waals surface area contributed by atoms with Gasteiger partial charge in [-0.05, 0) is 12.6 Å². The van der Waals surface area contributed by atoms with E-state index in [2.05, 4.69) is 12.1 Å². The number of rotatable bonds is 2. The van der Waals surface area contributed by atoms with Crippen LogP contribution in [-0.4, -0.2) is 17.4 Å². The van der Waals surface area contributed by atoms with E-state index in [4.69, 9.17) is 0 Å². The molecular weight excluding hydrogens is 301 g/mol. The minimum Gasteiger partial charge on any atom is -0.301 e. The lowest BCUT2D eigenvalue weighted by atomic mass is 9.88. The number of benzene rings is 2. The van der Waals surface area contributed by atoms with Crippen molar-refractivity contribution in [1.82, 2.24) is 4.67 Å². The van der Waals surface area contributed by atoms with Gasteiger partial charge in [0, 0.05) is 18.6 Å². The highest BCUT2D eigenvalue weighted by Gasteiger charge is 2.54. The Morgan fingerprint density at radius 3 is 2.26 bits per heavy atom. The average molecular weight is 322 g/mol. The van der Waals surface area contributed by atoms with Crippen molar-refractivity contribution in [3.05, 3.63) is 90.5 Å². The van der Waals surface area contributed by atoms with Crippen LogP contribution >= 0.6 is 7.29 Å². The van der Waals surface area contributed by atoms with Gasteiger partial charge >= 0.3 is 0 Å². The number of allylic oxidation sites excluding steroid dienone is 3. The maximum Gasteiger partial charge on any atom is 0.186 e. The van der Waals surface area contributed by atoms with E-state index in [1.165, 1.54) is 0 Å². The normalized spacial score (nSPS) is 36.7. The maximum absolute atomic E-state index is 14.3. The van der Waals surface area contributed by atoms with Crippen molar-refractivity contribution < 1.29 is 5.94 Å². The highest BCUT2D eigenvalue weighted by Crippen LogP contribution is 2.67. The molecule has 0 radical (unpaired) electrons. The first-order valence-corrected chi connectivity index (χ1v) is 9.55. The molecule has 116 valence electrons. The third-order valence-electron chi connectivity index (χ3n) is 4.82. The highest BCUT2D eigenvalue weighted by molar-refractivity contribution is 7.70. The van der Waals surface area contributed by atoms with Gasteiger partial charge < -0.3 is 4.57 Å². The molecule has 0 amide bonds. The molecule has 23 heavy (non-hydrogen) atoms. The van der Waals surface area contributed by atoms with Crippen LogP contribution in [0.3, 0.4) is 0 Å². The molecule has 0 bridgehead atoms. The van der Waals surface area contributed by atoms with Crippen LogP contribution < -0.4 is 5.30 Å². The number of hydrogen-bond acceptors (Lipinski definition) is 1. The second-order valence-corrected chi connectivity index (χ2v) is 8.85. The molecule has 1 saturated heterocycles. The molecule has 2 nitrogen and oxygen atoms in total. The Labute approximate surface area is 139 Å². The summed E-state index contributed by atoms with van der Waals surface area (Å²) in [4.78, 5) is 0. The minimum atomic E-state index is -3.12. The van der Waals surface area contributed by atoms with E-state index in [1.54, 1.807) is 0 Å². The third kappa shape index (κ3) is 2.17. The van der Waals surface area contributed by atoms with E-state index < -0.39 is 12.9 Å². The van der Waals surface area contributed by atoms with Crippen LogP contribution in [0.4, 0.5) is 0 Å². The van der Waals surface area contributed by atoms with E-state index in [0.29, 0.717) is 0 Å². The number of nitrogens with zero attached hydrogens (tertiary/aromatic N) is 1. The van der Waals surface area contributed by atoms with Crippen LogP contribution in [0.25, 0.3) is 0 Å². The largest absolute Gasteiger partial charge is 0.301 e. The second kappa shape index (κ2) is 5.63. The lowest BCUT2D eigenvalue weighted by Gasteiger charge is -2.27. The Kier molecular flexibility index (Phi) is 3.32. The van der Waals surface area contributed by atoms with Gasteiger partial charge in [-0.25, -0.2) is 4.67 Å². The van der Waals surface area contributed by atoms with Crippen molar-refractivity contribution in [1.29, 1.82) is 0 Å². The summed E-state index contributed by atoms with van der Waals surface area (Å²) in [5.74, 6) is -0.138. The predicted molar refractivity (Wildman–Crippen MR) is 96.2 cm³/mol. The Bertz CT molecular complexity index is 848. The molecular formula is C20H20NOP. The Hall–Kier alpha value is -1.89. The summed E-state index contributed by atoms with van der Waals surface area (Å²) in [7, 11) is -1.21. The summed E-state index contributed by atoms with van der Waals surface area (Å²) in [6.07, 6.45) is 7.71. The van der Waals surface area contributed by atoms with Crippen LogP contribution in [0, 0.1) is 5.92 Å². The Morgan fingerprint density at radius 2 is 1.57 bits per heavy atom. The van der Waals surface area contributed by atoms with Crippen molar-refractivity contribution in [3.63, 3.8) is 0 Å². The zero-order valence-corrected chi connectivity index (χ0v) is 13.9. The van der Waals surface area contributed by atoms with Crippen molar-refractivity contribution >= 4 is 12.6 Å². The first-order chi connectivity index (χ1) is 11.6. The molecule has 2 aliphatic rings. The monoisotopic (exact) mass is 322 g/mol. The first-order valence-electron chi connectivity index (χ1n) is 8.39. The summed E-state index contributed by atoms with van der Waals surface area (Å²) >= 11 is 0. The Morgan fingerprint density at radius 1 is 0.957 bits per heavy atom. The van der Waals surface area contributed by atoms with Crippen LogP contribution in [0.1, 0.15) is 13.0 Å². The van der Waals surface area contributed by atoms with E-state index >= 15 is 0 Å². The summed E-state index contributed by atoms with van der Waals surface area (Å²) in [5.41, 5.74) is -0.0338. The third-order valence-corrected chi connectivity index (χ3v) is 8.10. The first kappa shape index (κ1) is 13.5. The SMILES string of the molecule is [2H][C@@]12C=CC=C[C@H]1[C@H](c1ccccc1)N(C)[P@]2(=O)c1ccccc1. The number of fused-ring (bicyclic) bond motifs is 1. The molecule has 4 atom stereocenters. The van der Waals surface area contributed by atoms with E-state index in [1.807, 2.05) is 84.6 Å². The topological polar surface area (TPSA) is 20.3 Å². The molecule has 1 aliphatic carbocycles. The van der Waals surface area contributed by atoms with Gasteiger partial charge in [-0.1, -0.05) is 85.0 Å². The van der Waals surface area contributed by atoms with Gasteiger partial charge in [0.05, 0.1) is 5.64 Å². The second-order valence-electron chi connectivity index (χ2n) is 6.04. The zero-order chi connectivity index (χ0) is 16.8. The molecule has 3 heteroatoms. The maximum atomic E-state index is 14.3. The van der Waals surface area contributed by atoms with Crippen LogP contribution in [0.2, 0.25) is 0 Å². The van der Waals surface area contributed by atoms with E-state index in [9.17, 15) is 5.94 Å². The summed E-state index contributed by atoms with van der Waals surface area (Å²) in [6, 6.07) is 19.6. The zero-order valence-electron chi connectivity index (χ0n) is 14.0. The van der Waals surface area contributed by atoms with Crippen molar-refractivity contribution in [2.75, 3.05) is 7.05 Å². The highest BCUT2D eigenvalue weighted by atomic mass is 31.2. The minimum absolute atomic E-state index is 0.0732. The molecule has 1 heterocycles. The van der Waals surface area contributed by atoms with E-state index in [0.717, 1.165) is 10.9 Å². The van der Waals surface area contributed by atoms with Crippen LogP contribution in [0.5, 0.6) is 0 Å². The molecule has 0 saturated carbocycles. The molecule has 0 unspecified atom stereocenters. The smallest absolute Gasteiger partial charge is 0.186 e. The Balaban J connectivity index is 1.94. The molecule has 0 aromatic heterocycles. The van der Waals surface area contributed by atoms with Crippen molar-refractivity contribution in [2.45, 2.75) is 11.7 Å². The summed E-state index contributed by atoms with van der Waals surface area (Å²) in [5, 5.41) is 0.755. The van der Waals surface area contributed by atoms with Crippen LogP contribution in [-0.2, 0) is 4.57 Å². The lowest BCUT2D eigenvalue weighted by Crippen LogP contribution is -2.22. The van der Waals surface area contributed by atoms with Crippen molar-refractivity contribution in [3.8, 4) is 0 Å². The van der Waals surface area contributed by atoms with Gasteiger partial charge in [-0.15, -0.1) is 0 Å². The average Bonchev–Trinajstić information content (AvgIpc) is 2.82. The fourth-order valence-corrected chi connectivity index (χ4v) is 6.89. The molecule has 2 aromatic carbocycles. The molecule has 0 N–H and O–H groups in total. The fraction of sp³-hybridized carbons (Fsp3) is 0.200. The predicted octanol–water partition coefficient (Wildman–Crippen LogP) is 4.39. The van der Waals surface area contributed by atoms with Gasteiger partial charge in [0.25, 0.3) is 0 Å². The summed E-state index contributed by atoms with van der Waals surface area (Å²) < 4.78 is 25.4. The fourth-order valence-electron chi connectivity index (χ4n) is 3.74. The quantitative estimate of drug-likeness (QED) is 0.764. The molecule has 1 fully saturated rings. The van der Waals surface area contributed by atoms with Gasteiger partial charge in [-0.2, -0.15) is 0 Å². The van der Waals surface area contributed by atoms with Gasteiger partial charge in [0.1, 0.15) is 0 Å². The van der Waals surface area contributed by atoms with Crippen molar-refractivity contribution in [2.24, 2.45) is 5.92 Å². The molecule has 1 aliphatic heterocycles.